The summed E-state index contributed by atoms with van der Waals surface area (Å²) in [5.74, 6) is 5.14. The number of imidazole rings is 1. The molecule has 0 aliphatic carbocycles. The normalized spacial score (nSPS) is 10.9. The van der Waals surface area contributed by atoms with Crippen molar-refractivity contribution in [1.82, 2.24) is 14.8 Å². The summed E-state index contributed by atoms with van der Waals surface area (Å²) < 4.78 is 33.2. The monoisotopic (exact) mass is 505 g/mol. The molecule has 0 saturated heterocycles. The Bertz CT molecular complexity index is 1150. The number of fused-ring (bicyclic) bond motifs is 1. The number of halogens is 2. The number of nitro groups is 1. The molecule has 156 valence electrons. The molecule has 0 saturated carbocycles. The number of non-ortho nitro benzene ring substituents is 1. The molecular weight excluding hydrogens is 490 g/mol. The minimum absolute atomic E-state index is 0. The van der Waals surface area contributed by atoms with Gasteiger partial charge in [0.2, 0.25) is 0 Å². The number of aryl methyl sites for hydroxylation is 1. The van der Waals surface area contributed by atoms with Gasteiger partial charge in [-0.25, -0.2) is 4.98 Å². The van der Waals surface area contributed by atoms with Gasteiger partial charge in [0.1, 0.15) is 10.5 Å². The molecule has 0 fully saturated rings. The van der Waals surface area contributed by atoms with Crippen LogP contribution in [0.25, 0.3) is 11.7 Å². The highest BCUT2D eigenvalue weighted by Gasteiger charge is 2.17. The second kappa shape index (κ2) is 10.3. The molecule has 2 heterocycles. The van der Waals surface area contributed by atoms with Crippen LogP contribution in [0.5, 0.6) is 0 Å². The van der Waals surface area contributed by atoms with E-state index in [-0.39, 0.29) is 23.7 Å². The van der Waals surface area contributed by atoms with Crippen molar-refractivity contribution in [2.24, 2.45) is 5.84 Å². The molecule has 13 heteroatoms. The second-order valence-electron chi connectivity index (χ2n) is 5.44. The number of nitrogens with two attached hydrogens (primary N) is 1. The molecule has 10 nitrogen and oxygen atoms in total. The lowest BCUT2D eigenvalue weighted by Crippen LogP contribution is -2.12. The van der Waals surface area contributed by atoms with Gasteiger partial charge in [0.25, 0.3) is 15.8 Å². The molecule has 1 aromatic carbocycles. The lowest BCUT2D eigenvalue weighted by Gasteiger charge is -2.00. The summed E-state index contributed by atoms with van der Waals surface area (Å²) in [4.78, 5) is 13.4. The van der Waals surface area contributed by atoms with Crippen LogP contribution in [-0.2, 0) is 10.1 Å². The van der Waals surface area contributed by atoms with E-state index in [0.717, 1.165) is 21.9 Å². The van der Waals surface area contributed by atoms with E-state index in [1.807, 2.05) is 28.8 Å². The van der Waals surface area contributed by atoms with Gasteiger partial charge in [-0.3, -0.25) is 24.9 Å². The summed E-state index contributed by atoms with van der Waals surface area (Å²) in [7, 11) is -4.39. The molecule has 3 rings (SSSR count). The zero-order valence-electron chi connectivity index (χ0n) is 14.9. The fraction of sp³-hybridized carbons (Fsp3) is 0.0625. The summed E-state index contributed by atoms with van der Waals surface area (Å²) in [5, 5.41) is 10.3. The van der Waals surface area contributed by atoms with Gasteiger partial charge in [0, 0.05) is 29.0 Å². The number of pyridine rings is 1. The van der Waals surface area contributed by atoms with E-state index in [0.29, 0.717) is 0 Å². The van der Waals surface area contributed by atoms with Crippen molar-refractivity contribution in [3.63, 3.8) is 0 Å². The average molecular weight is 507 g/mol. The first-order valence-corrected chi connectivity index (χ1v) is 9.84. The molecule has 29 heavy (non-hydrogen) atoms. The Hall–Kier alpha value is -2.51. The largest absolute Gasteiger partial charge is 0.331 e. The Kier molecular flexibility index (Phi) is 8.73. The number of hydrogen-bond donors (Lipinski definition) is 3. The molecule has 0 atom stereocenters. The summed E-state index contributed by atoms with van der Waals surface area (Å²) in [6.45, 7) is 1.44. The van der Waals surface area contributed by atoms with E-state index in [2.05, 4.69) is 26.3 Å². The first kappa shape index (κ1) is 24.5. The number of nitrogens with one attached hydrogen (secondary N) is 1. The predicted octanol–water partition coefficient (Wildman–Crippen LogP) is 3.10. The number of nitrogens with zero attached hydrogens (tertiary/aromatic N) is 3. The Labute approximate surface area is 180 Å². The first-order valence-electron chi connectivity index (χ1n) is 7.61. The van der Waals surface area contributed by atoms with Crippen molar-refractivity contribution >= 4 is 55.9 Å². The highest BCUT2D eigenvalue weighted by Crippen LogP contribution is 2.21. The van der Waals surface area contributed by atoms with Gasteiger partial charge in [-0.05, 0) is 46.6 Å². The number of hydrazine groups is 1. The van der Waals surface area contributed by atoms with Gasteiger partial charge in [0.15, 0.2) is 0 Å². The molecule has 0 aliphatic rings. The van der Waals surface area contributed by atoms with Crippen LogP contribution < -0.4 is 11.3 Å². The van der Waals surface area contributed by atoms with Crippen LogP contribution in [0.3, 0.4) is 0 Å². The Morgan fingerprint density at radius 1 is 1.34 bits per heavy atom. The summed E-state index contributed by atoms with van der Waals surface area (Å²) in [6, 6.07) is 7.16. The van der Waals surface area contributed by atoms with Crippen LogP contribution in [-0.4, -0.2) is 27.3 Å². The molecule has 0 aliphatic heterocycles. The lowest BCUT2D eigenvalue weighted by atomic mass is 10.2. The fourth-order valence-electron chi connectivity index (χ4n) is 2.21. The van der Waals surface area contributed by atoms with Crippen LogP contribution in [0.2, 0.25) is 0 Å². The third-order valence-corrected chi connectivity index (χ3v) is 4.97. The van der Waals surface area contributed by atoms with Crippen molar-refractivity contribution < 1.29 is 17.9 Å². The zero-order chi connectivity index (χ0) is 20.9. The molecule has 0 unspecified atom stereocenters. The van der Waals surface area contributed by atoms with Gasteiger partial charge in [0.05, 0.1) is 16.8 Å². The Morgan fingerprint density at radius 2 is 2.03 bits per heavy atom. The second-order valence-corrected chi connectivity index (χ2v) is 7.75. The van der Waals surface area contributed by atoms with E-state index in [9.17, 15) is 18.5 Å². The van der Waals surface area contributed by atoms with E-state index in [1.165, 1.54) is 19.1 Å². The Balaban J connectivity index is 0.000000280. The Morgan fingerprint density at radius 3 is 2.62 bits per heavy atom. The van der Waals surface area contributed by atoms with Crippen molar-refractivity contribution in [2.45, 2.75) is 11.8 Å². The number of nitro benzene ring substituents is 1. The van der Waals surface area contributed by atoms with Crippen molar-refractivity contribution in [3.8, 4) is 0 Å². The molecule has 0 spiro atoms. The van der Waals surface area contributed by atoms with Crippen LogP contribution in [0, 0.1) is 17.0 Å². The van der Waals surface area contributed by atoms with Crippen LogP contribution in [0.4, 0.5) is 5.69 Å². The van der Waals surface area contributed by atoms with Gasteiger partial charge in [-0.1, -0.05) is 6.07 Å². The molecular formula is C16H17BrClN5O5S. The summed E-state index contributed by atoms with van der Waals surface area (Å²) in [5.41, 5.74) is 4.22. The predicted molar refractivity (Wildman–Crippen MR) is 114 cm³/mol. The molecule has 3 aromatic rings. The van der Waals surface area contributed by atoms with Crippen LogP contribution in [0.15, 0.2) is 58.3 Å². The van der Waals surface area contributed by atoms with Crippen molar-refractivity contribution in [3.05, 3.63) is 74.8 Å². The lowest BCUT2D eigenvalue weighted by molar-refractivity contribution is -0.385. The van der Waals surface area contributed by atoms with Crippen molar-refractivity contribution in [2.75, 3.05) is 0 Å². The first-order chi connectivity index (χ1) is 13.1. The number of aromatic nitrogens is 2. The average Bonchev–Trinajstić information content (AvgIpc) is 3.01. The van der Waals surface area contributed by atoms with Crippen molar-refractivity contribution in [1.29, 1.82) is 0 Å². The van der Waals surface area contributed by atoms with Gasteiger partial charge < -0.3 is 5.43 Å². The molecule has 0 bridgehead atoms. The molecule has 4 N–H and O–H groups in total. The highest BCUT2D eigenvalue weighted by atomic mass is 79.9. The maximum absolute atomic E-state index is 10.8. The summed E-state index contributed by atoms with van der Waals surface area (Å²) >= 11 is 3.41. The maximum Gasteiger partial charge on any atom is 0.295 e. The molecule has 2 aromatic heterocycles. The quantitative estimate of drug-likeness (QED) is 0.211. The smallest absolute Gasteiger partial charge is 0.295 e. The third-order valence-electron chi connectivity index (χ3n) is 3.51. The zero-order valence-corrected chi connectivity index (χ0v) is 18.1. The fourth-order valence-corrected chi connectivity index (χ4v) is 3.29. The molecule has 0 radical (unpaired) electrons. The van der Waals surface area contributed by atoms with Gasteiger partial charge in [-0.2, -0.15) is 8.42 Å². The van der Waals surface area contributed by atoms with E-state index >= 15 is 0 Å². The minimum Gasteiger partial charge on any atom is -0.331 e. The van der Waals surface area contributed by atoms with Gasteiger partial charge in [-0.15, -0.1) is 12.4 Å². The minimum atomic E-state index is -4.39. The third kappa shape index (κ3) is 6.51. The topological polar surface area (TPSA) is 153 Å². The van der Waals surface area contributed by atoms with Crippen LogP contribution in [0.1, 0.15) is 11.3 Å². The van der Waals surface area contributed by atoms with E-state index in [1.54, 1.807) is 12.4 Å². The SMILES string of the molecule is Cc1ccc([N+](=O)[O-])cc1S(=O)(=O)O.Cl.NNC=Cc1cnc2ccc(Br)cn12. The highest BCUT2D eigenvalue weighted by molar-refractivity contribution is 9.10. The number of rotatable bonds is 4. The maximum atomic E-state index is 10.8. The number of benzene rings is 1. The van der Waals surface area contributed by atoms with E-state index < -0.39 is 19.9 Å². The molecule has 0 amide bonds. The van der Waals surface area contributed by atoms with E-state index in [4.69, 9.17) is 10.4 Å². The summed E-state index contributed by atoms with van der Waals surface area (Å²) in [6.07, 6.45) is 7.25. The van der Waals surface area contributed by atoms with Gasteiger partial charge >= 0.3 is 0 Å². The standard InChI is InChI=1S/C9H9BrN4.C7H7NO5S.ClH/c10-7-1-2-9-12-5-8(3-4-13-11)14(9)6-7;1-5-2-3-6(8(9)10)4-7(5)14(11,12)13;/h1-6,13H,11H2;2-4H,1H3,(H,11,12,13);1H. The number of hydrogen-bond acceptors (Lipinski definition) is 7. The van der Waals surface area contributed by atoms with Crippen LogP contribution >= 0.6 is 28.3 Å².